The highest BCUT2D eigenvalue weighted by atomic mass is 35.5. The van der Waals surface area contributed by atoms with Crippen molar-refractivity contribution in [2.24, 2.45) is 5.41 Å². The van der Waals surface area contributed by atoms with Gasteiger partial charge in [0.05, 0.1) is 33.1 Å². The van der Waals surface area contributed by atoms with Gasteiger partial charge in [0.15, 0.2) is 5.82 Å². The van der Waals surface area contributed by atoms with Crippen LogP contribution in [0.25, 0.3) is 32.5 Å². The van der Waals surface area contributed by atoms with Crippen LogP contribution < -0.4 is 27.0 Å². The third-order valence-electron chi connectivity index (χ3n) is 13.7. The first-order chi connectivity index (χ1) is 36.0. The summed E-state index contributed by atoms with van der Waals surface area (Å²) in [6.45, 7) is 7.98. The summed E-state index contributed by atoms with van der Waals surface area (Å²) in [6.07, 6.45) is 12.3. The number of halogens is 1. The van der Waals surface area contributed by atoms with Gasteiger partial charge in [0, 0.05) is 48.7 Å². The molecule has 2 aromatic heterocycles. The Balaban J connectivity index is 0.745. The molecule has 398 valence electrons. The summed E-state index contributed by atoms with van der Waals surface area (Å²) in [5, 5.41) is 27.9. The molecule has 0 spiro atoms. The van der Waals surface area contributed by atoms with Crippen molar-refractivity contribution in [1.29, 1.82) is 0 Å². The summed E-state index contributed by atoms with van der Waals surface area (Å²) in [7, 11) is 0. The molecule has 17 heteroatoms. The van der Waals surface area contributed by atoms with Gasteiger partial charge in [-0.2, -0.15) is 4.68 Å². The number of thiazole rings is 1. The van der Waals surface area contributed by atoms with E-state index in [1.54, 1.807) is 41.7 Å². The average Bonchev–Trinajstić information content (AvgIpc) is 4.11. The fraction of sp³-hybridized carbons (Fsp3) is 0.431. The van der Waals surface area contributed by atoms with Gasteiger partial charge in [0.25, 0.3) is 0 Å². The zero-order valence-electron chi connectivity index (χ0n) is 43.6. The highest BCUT2D eigenvalue weighted by Gasteiger charge is 2.44. The average molecular weight is 1060 g/mol. The van der Waals surface area contributed by atoms with Crippen molar-refractivity contribution in [2.75, 3.05) is 22.9 Å². The molecular weight excluding hydrogens is 986 g/mol. The van der Waals surface area contributed by atoms with Crippen LogP contribution in [0.1, 0.15) is 133 Å². The topological polar surface area (TPSA) is 214 Å². The summed E-state index contributed by atoms with van der Waals surface area (Å²) >= 11 is 7.64. The van der Waals surface area contributed by atoms with E-state index < -0.39 is 29.6 Å². The van der Waals surface area contributed by atoms with Crippen LogP contribution in [0, 0.1) is 12.3 Å². The van der Waals surface area contributed by atoms with Crippen molar-refractivity contribution in [1.82, 2.24) is 30.3 Å². The minimum atomic E-state index is -0.847. The van der Waals surface area contributed by atoms with Gasteiger partial charge in [-0.15, -0.1) is 16.4 Å². The molecule has 0 aliphatic carbocycles. The first-order valence-corrected chi connectivity index (χ1v) is 27.6. The Labute approximate surface area is 449 Å². The lowest BCUT2D eigenvalue weighted by Gasteiger charge is -2.35. The molecule has 4 aromatic carbocycles. The number of unbranched alkanes of at least 4 members (excludes halogenated alkanes) is 11. The summed E-state index contributed by atoms with van der Waals surface area (Å²) in [4.78, 5) is 73.7. The van der Waals surface area contributed by atoms with Crippen molar-refractivity contribution in [3.63, 3.8) is 0 Å². The van der Waals surface area contributed by atoms with Crippen LogP contribution in [0.4, 0.5) is 22.0 Å². The number of β-amino-alcohol motifs (C(OH)–C–C–N with tert-alkyl or cyclic N) is 1. The van der Waals surface area contributed by atoms with Crippen LogP contribution >= 0.6 is 22.9 Å². The Morgan fingerprint density at radius 1 is 0.787 bits per heavy atom. The number of aliphatic hydroxyl groups excluding tert-OH is 1. The number of fused-ring (bicyclic) bond motifs is 1. The van der Waals surface area contributed by atoms with E-state index in [2.05, 4.69) is 31.3 Å². The number of rotatable bonds is 24. The normalized spacial score (nSPS) is 14.9. The number of anilines is 3. The number of carbonyl (C=O) groups is 5. The number of aliphatic hydroxyl groups is 1. The Morgan fingerprint density at radius 3 is 2.03 bits per heavy atom. The minimum Gasteiger partial charge on any atom is -0.391 e. The highest BCUT2D eigenvalue weighted by molar-refractivity contribution is 7.13. The minimum absolute atomic E-state index is 0.0331. The van der Waals surface area contributed by atoms with Crippen molar-refractivity contribution >= 4 is 80.7 Å². The number of amides is 5. The van der Waals surface area contributed by atoms with Crippen molar-refractivity contribution in [2.45, 2.75) is 149 Å². The highest BCUT2D eigenvalue weighted by Crippen LogP contribution is 2.35. The number of nitrogens with one attached hydrogen (secondary N) is 4. The van der Waals surface area contributed by atoms with E-state index in [0.717, 1.165) is 110 Å². The molecule has 1 aliphatic rings. The Kier molecular flexibility index (Phi) is 20.0. The SMILES string of the molecule is Cc1ncsc1-c1ccc(CNC(=O)C2CC(O)CN2C(=O)C(NC(=O)CCCCCCCCCCCCCCC(=O)n2nc(N)c3c(-c4cccc(NC(=O)Nc5cccc(Cl)c5)c4)cccc32)C(C)(C)C)cc1. The number of aromatic nitrogens is 3. The number of likely N-dealkylation sites (tertiary alicyclic amines) is 1. The Morgan fingerprint density at radius 2 is 1.40 bits per heavy atom. The van der Waals surface area contributed by atoms with Gasteiger partial charge < -0.3 is 37.0 Å². The second-order valence-electron chi connectivity index (χ2n) is 20.7. The smallest absolute Gasteiger partial charge is 0.323 e. The standard InChI is InChI=1S/C58H72ClN9O6S/c1-38-52(75-37-62-38)40-30-28-39(29-31-40)35-61-55(72)48-34-45(69)36-67(48)56(73)53(58(2,3)4)65-49(70)26-15-13-11-9-7-5-6-8-10-12-14-16-27-50(71)68-47-25-19-24-46(51(47)54(60)66-68)41-20-17-22-43(32-41)63-57(74)64-44-23-18-21-42(59)33-44/h17-25,28-33,37,45,48,53,69H,5-16,26-27,34-36H2,1-4H3,(H2,60,66)(H,61,72)(H,65,70)(H2,63,64,74). The molecule has 0 saturated carbocycles. The van der Waals surface area contributed by atoms with Gasteiger partial charge in [-0.1, -0.05) is 151 Å². The van der Waals surface area contributed by atoms with Crippen LogP contribution in [0.15, 0.2) is 96.5 Å². The van der Waals surface area contributed by atoms with Gasteiger partial charge in [0.2, 0.25) is 23.6 Å². The number of nitrogen functional groups attached to an aromatic ring is 1. The molecule has 75 heavy (non-hydrogen) atoms. The summed E-state index contributed by atoms with van der Waals surface area (Å²) in [5.41, 5.74) is 14.0. The second kappa shape index (κ2) is 26.7. The first kappa shape index (κ1) is 56.1. The quantitative estimate of drug-likeness (QED) is 0.0318. The largest absolute Gasteiger partial charge is 0.391 e. The number of hydrogen-bond acceptors (Lipinski definition) is 10. The summed E-state index contributed by atoms with van der Waals surface area (Å²) < 4.78 is 1.42. The zero-order valence-corrected chi connectivity index (χ0v) is 45.2. The molecule has 3 atom stereocenters. The predicted octanol–water partition coefficient (Wildman–Crippen LogP) is 11.9. The molecule has 1 aliphatic heterocycles. The van der Waals surface area contributed by atoms with Gasteiger partial charge >= 0.3 is 6.03 Å². The predicted molar refractivity (Wildman–Crippen MR) is 301 cm³/mol. The fourth-order valence-corrected chi connectivity index (χ4v) is 10.7. The fourth-order valence-electron chi connectivity index (χ4n) is 9.70. The molecule has 3 unspecified atom stereocenters. The molecule has 1 saturated heterocycles. The van der Waals surface area contributed by atoms with Gasteiger partial charge in [0.1, 0.15) is 12.1 Å². The third kappa shape index (κ3) is 15.7. The number of carbonyl (C=O) groups excluding carboxylic acids is 5. The van der Waals surface area contributed by atoms with E-state index in [4.69, 9.17) is 17.3 Å². The molecule has 7 rings (SSSR count). The van der Waals surface area contributed by atoms with Crippen LogP contribution in [-0.2, 0) is 20.9 Å². The lowest BCUT2D eigenvalue weighted by molar-refractivity contribution is -0.144. The van der Waals surface area contributed by atoms with E-state index in [0.29, 0.717) is 40.1 Å². The molecule has 7 N–H and O–H groups in total. The van der Waals surface area contributed by atoms with E-state index >= 15 is 0 Å². The number of nitrogens with zero attached hydrogens (tertiary/aromatic N) is 4. The summed E-state index contributed by atoms with van der Waals surface area (Å²) in [6, 6.07) is 25.8. The molecule has 0 radical (unpaired) electrons. The maximum Gasteiger partial charge on any atom is 0.323 e. The monoisotopic (exact) mass is 1060 g/mol. The number of aryl methyl sites for hydroxylation is 1. The first-order valence-electron chi connectivity index (χ1n) is 26.3. The van der Waals surface area contributed by atoms with E-state index in [9.17, 15) is 29.1 Å². The van der Waals surface area contributed by atoms with Gasteiger partial charge in [-0.3, -0.25) is 19.2 Å². The lowest BCUT2D eigenvalue weighted by atomic mass is 9.85. The van der Waals surface area contributed by atoms with Crippen molar-refractivity contribution in [3.05, 3.63) is 113 Å². The maximum atomic E-state index is 14.0. The van der Waals surface area contributed by atoms with Gasteiger partial charge in [-0.05, 0) is 83.8 Å². The van der Waals surface area contributed by atoms with E-state index in [1.807, 2.05) is 93.9 Å². The molecule has 3 heterocycles. The van der Waals surface area contributed by atoms with Crippen LogP contribution in [0.2, 0.25) is 5.02 Å². The number of hydrogen-bond donors (Lipinski definition) is 6. The van der Waals surface area contributed by atoms with Crippen molar-refractivity contribution < 1.29 is 29.1 Å². The zero-order chi connectivity index (χ0) is 53.5. The van der Waals surface area contributed by atoms with Crippen LogP contribution in [0.5, 0.6) is 0 Å². The van der Waals surface area contributed by atoms with Crippen LogP contribution in [0.3, 0.4) is 0 Å². The molecular formula is C58H72ClN9O6S. The summed E-state index contributed by atoms with van der Waals surface area (Å²) in [5.74, 6) is -0.707. The molecule has 1 fully saturated rings. The molecule has 15 nitrogen and oxygen atoms in total. The third-order valence-corrected chi connectivity index (χ3v) is 15.0. The lowest BCUT2D eigenvalue weighted by Crippen LogP contribution is -2.57. The van der Waals surface area contributed by atoms with E-state index in [-0.39, 0.29) is 49.0 Å². The maximum absolute atomic E-state index is 14.0. The molecule has 5 amide bonds. The van der Waals surface area contributed by atoms with Gasteiger partial charge in [-0.25, -0.2) is 9.78 Å². The van der Waals surface area contributed by atoms with Crippen molar-refractivity contribution in [3.8, 4) is 21.6 Å². The Hall–Kier alpha value is -6.62. The molecule has 6 aromatic rings. The van der Waals surface area contributed by atoms with E-state index in [1.165, 1.54) is 9.58 Å². The second-order valence-corrected chi connectivity index (χ2v) is 22.0. The number of benzene rings is 4. The number of urea groups is 1. The molecule has 0 bridgehead atoms. The Bertz CT molecular complexity index is 2910. The van der Waals surface area contributed by atoms with Crippen LogP contribution in [-0.4, -0.2) is 79.2 Å². The number of nitrogens with two attached hydrogens (primary N) is 1.